The van der Waals surface area contributed by atoms with Crippen molar-refractivity contribution in [3.8, 4) is 0 Å². The minimum atomic E-state index is -2.96. The molecule has 0 unspecified atom stereocenters. The fraction of sp³-hybridized carbons (Fsp3) is 0.429. The van der Waals surface area contributed by atoms with Gasteiger partial charge < -0.3 is 9.88 Å². The summed E-state index contributed by atoms with van der Waals surface area (Å²) in [6.45, 7) is 3.09. The van der Waals surface area contributed by atoms with Crippen molar-refractivity contribution in [3.05, 3.63) is 40.3 Å². The lowest BCUT2D eigenvalue weighted by Gasteiger charge is -2.11. The Morgan fingerprint density at radius 2 is 1.95 bits per heavy atom. The molecule has 1 aromatic carbocycles. The maximum atomic E-state index is 12.2. The topological polar surface area (TPSA) is 81.1 Å². The van der Waals surface area contributed by atoms with Crippen LogP contribution in [0.2, 0.25) is 0 Å². The van der Waals surface area contributed by atoms with Crippen LogP contribution in [0, 0.1) is 6.92 Å². The number of fused-ring (bicyclic) bond motifs is 1. The number of aryl methyl sites for hydroxylation is 1. The standard InChI is InChI=1S/C14H19N3O3S/c1-11-14(18)17(9-7-15-8-10-21(2,19)20)13-6-4-3-5-12(13)16-11/h3-6,15H,7-10H2,1-2H3. The van der Waals surface area contributed by atoms with E-state index < -0.39 is 9.84 Å². The van der Waals surface area contributed by atoms with Crippen molar-refractivity contribution in [2.75, 3.05) is 25.1 Å². The van der Waals surface area contributed by atoms with E-state index in [1.54, 1.807) is 11.5 Å². The molecule has 0 aliphatic heterocycles. The maximum absolute atomic E-state index is 12.2. The van der Waals surface area contributed by atoms with E-state index in [4.69, 9.17) is 0 Å². The highest BCUT2D eigenvalue weighted by Gasteiger charge is 2.07. The predicted molar refractivity (Wildman–Crippen MR) is 83.3 cm³/mol. The molecule has 1 aromatic heterocycles. The maximum Gasteiger partial charge on any atom is 0.272 e. The Morgan fingerprint density at radius 3 is 2.67 bits per heavy atom. The van der Waals surface area contributed by atoms with Gasteiger partial charge in [0, 0.05) is 25.9 Å². The van der Waals surface area contributed by atoms with Crippen molar-refractivity contribution in [3.63, 3.8) is 0 Å². The van der Waals surface area contributed by atoms with Gasteiger partial charge in [0.1, 0.15) is 15.5 Å². The molecular weight excluding hydrogens is 290 g/mol. The molecule has 114 valence electrons. The van der Waals surface area contributed by atoms with E-state index in [9.17, 15) is 13.2 Å². The molecule has 0 spiro atoms. The van der Waals surface area contributed by atoms with Gasteiger partial charge in [-0.2, -0.15) is 0 Å². The fourth-order valence-electron chi connectivity index (χ4n) is 2.12. The molecule has 7 heteroatoms. The van der Waals surface area contributed by atoms with E-state index in [0.29, 0.717) is 25.3 Å². The predicted octanol–water partition coefficient (Wildman–Crippen LogP) is 0.339. The number of nitrogens with zero attached hydrogens (tertiary/aromatic N) is 2. The molecule has 0 saturated heterocycles. The minimum Gasteiger partial charge on any atom is -0.314 e. The van der Waals surface area contributed by atoms with Gasteiger partial charge in [0.25, 0.3) is 5.56 Å². The SMILES string of the molecule is Cc1nc2ccccc2n(CCNCCS(C)(=O)=O)c1=O. The number of hydrogen-bond donors (Lipinski definition) is 1. The number of sulfone groups is 1. The Hall–Kier alpha value is -1.73. The zero-order valence-electron chi connectivity index (χ0n) is 12.2. The van der Waals surface area contributed by atoms with E-state index >= 15 is 0 Å². The summed E-state index contributed by atoms with van der Waals surface area (Å²) in [5.41, 5.74) is 1.92. The van der Waals surface area contributed by atoms with Crippen LogP contribution in [0.15, 0.2) is 29.1 Å². The Morgan fingerprint density at radius 1 is 1.24 bits per heavy atom. The molecule has 1 N–H and O–H groups in total. The Bertz CT molecular complexity index is 797. The number of hydrogen-bond acceptors (Lipinski definition) is 5. The van der Waals surface area contributed by atoms with E-state index in [1.165, 1.54) is 6.26 Å². The third-order valence-electron chi connectivity index (χ3n) is 3.18. The quantitative estimate of drug-likeness (QED) is 0.778. The second-order valence-electron chi connectivity index (χ2n) is 5.02. The molecular formula is C14H19N3O3S. The molecule has 0 saturated carbocycles. The van der Waals surface area contributed by atoms with Crippen LogP contribution in [0.4, 0.5) is 0 Å². The lowest BCUT2D eigenvalue weighted by molar-refractivity contribution is 0.585. The van der Waals surface area contributed by atoms with Crippen LogP contribution in [0.3, 0.4) is 0 Å². The van der Waals surface area contributed by atoms with Crippen molar-refractivity contribution in [1.29, 1.82) is 0 Å². The Balaban J connectivity index is 2.11. The lowest BCUT2D eigenvalue weighted by atomic mass is 10.2. The molecule has 0 bridgehead atoms. The number of nitrogens with one attached hydrogen (secondary N) is 1. The number of aromatic nitrogens is 2. The molecule has 6 nitrogen and oxygen atoms in total. The molecule has 0 atom stereocenters. The third kappa shape index (κ3) is 4.12. The van der Waals surface area contributed by atoms with Crippen molar-refractivity contribution < 1.29 is 8.42 Å². The average Bonchev–Trinajstić information content (AvgIpc) is 2.41. The van der Waals surface area contributed by atoms with Gasteiger partial charge in [0.05, 0.1) is 16.8 Å². The summed E-state index contributed by atoms with van der Waals surface area (Å²) in [7, 11) is -2.96. The van der Waals surface area contributed by atoms with Gasteiger partial charge in [-0.05, 0) is 19.1 Å². The van der Waals surface area contributed by atoms with Gasteiger partial charge in [0.15, 0.2) is 0 Å². The molecule has 0 aliphatic rings. The first kappa shape index (κ1) is 15.7. The van der Waals surface area contributed by atoms with Crippen LogP contribution in [0.25, 0.3) is 11.0 Å². The van der Waals surface area contributed by atoms with E-state index in [1.807, 2.05) is 24.3 Å². The second-order valence-corrected chi connectivity index (χ2v) is 7.28. The fourth-order valence-corrected chi connectivity index (χ4v) is 2.63. The minimum absolute atomic E-state index is 0.0953. The van der Waals surface area contributed by atoms with Gasteiger partial charge >= 0.3 is 0 Å². The Kier molecular flexibility index (Phi) is 4.74. The summed E-state index contributed by atoms with van der Waals surface area (Å²) in [6.07, 6.45) is 1.21. The molecule has 0 fully saturated rings. The zero-order chi connectivity index (χ0) is 15.5. The van der Waals surface area contributed by atoms with Gasteiger partial charge in [0.2, 0.25) is 0 Å². The first-order valence-corrected chi connectivity index (χ1v) is 8.79. The summed E-state index contributed by atoms with van der Waals surface area (Å²) >= 11 is 0. The molecule has 0 radical (unpaired) electrons. The Labute approximate surface area is 123 Å². The zero-order valence-corrected chi connectivity index (χ0v) is 13.0. The summed E-state index contributed by atoms with van der Waals surface area (Å²) in [5.74, 6) is 0.0953. The van der Waals surface area contributed by atoms with Gasteiger partial charge in [-0.3, -0.25) is 4.79 Å². The van der Waals surface area contributed by atoms with Gasteiger partial charge in [-0.15, -0.1) is 0 Å². The summed E-state index contributed by atoms with van der Waals surface area (Å²) in [5, 5.41) is 3.04. The monoisotopic (exact) mass is 309 g/mol. The van der Waals surface area contributed by atoms with Crippen LogP contribution in [0.1, 0.15) is 5.69 Å². The highest BCUT2D eigenvalue weighted by atomic mass is 32.2. The van der Waals surface area contributed by atoms with Gasteiger partial charge in [-0.25, -0.2) is 13.4 Å². The highest BCUT2D eigenvalue weighted by Crippen LogP contribution is 2.09. The van der Waals surface area contributed by atoms with Crippen molar-refractivity contribution in [1.82, 2.24) is 14.9 Å². The number of para-hydroxylation sites is 2. The van der Waals surface area contributed by atoms with Crippen LogP contribution >= 0.6 is 0 Å². The van der Waals surface area contributed by atoms with Crippen LogP contribution in [-0.4, -0.2) is 43.1 Å². The van der Waals surface area contributed by atoms with Gasteiger partial charge in [-0.1, -0.05) is 12.1 Å². The lowest BCUT2D eigenvalue weighted by Crippen LogP contribution is -2.31. The van der Waals surface area contributed by atoms with Crippen LogP contribution in [-0.2, 0) is 16.4 Å². The van der Waals surface area contributed by atoms with Crippen molar-refractivity contribution >= 4 is 20.9 Å². The van der Waals surface area contributed by atoms with Crippen LogP contribution in [0.5, 0.6) is 0 Å². The molecule has 1 heterocycles. The average molecular weight is 309 g/mol. The normalized spacial score (nSPS) is 11.9. The van der Waals surface area contributed by atoms with E-state index in [2.05, 4.69) is 10.3 Å². The number of benzene rings is 1. The van der Waals surface area contributed by atoms with Crippen molar-refractivity contribution in [2.45, 2.75) is 13.5 Å². The van der Waals surface area contributed by atoms with E-state index in [0.717, 1.165) is 11.0 Å². The molecule has 21 heavy (non-hydrogen) atoms. The smallest absolute Gasteiger partial charge is 0.272 e. The summed E-state index contributed by atoms with van der Waals surface area (Å²) in [6, 6.07) is 7.48. The van der Waals surface area contributed by atoms with Crippen LogP contribution < -0.4 is 10.9 Å². The second kappa shape index (κ2) is 6.36. The number of rotatable bonds is 6. The summed E-state index contributed by atoms with van der Waals surface area (Å²) in [4.78, 5) is 16.5. The summed E-state index contributed by atoms with van der Waals surface area (Å²) < 4.78 is 23.7. The molecule has 0 aliphatic carbocycles. The van der Waals surface area contributed by atoms with Crippen molar-refractivity contribution in [2.24, 2.45) is 0 Å². The first-order valence-electron chi connectivity index (χ1n) is 6.73. The molecule has 2 rings (SSSR count). The molecule has 0 amide bonds. The van der Waals surface area contributed by atoms with E-state index in [-0.39, 0.29) is 11.3 Å². The third-order valence-corrected chi connectivity index (χ3v) is 4.12. The largest absolute Gasteiger partial charge is 0.314 e. The highest BCUT2D eigenvalue weighted by molar-refractivity contribution is 7.90. The molecule has 2 aromatic rings. The first-order chi connectivity index (χ1) is 9.88.